The summed E-state index contributed by atoms with van der Waals surface area (Å²) in [6.45, 7) is 6.24. The number of carbonyl (C=O) groups is 2. The molecule has 0 aliphatic rings. The van der Waals surface area contributed by atoms with E-state index in [0.717, 1.165) is 20.8 Å². The first-order valence-corrected chi connectivity index (χ1v) is 9.00. The molecule has 5 nitrogen and oxygen atoms in total. The normalized spacial score (nSPS) is 11.8. The van der Waals surface area contributed by atoms with Gasteiger partial charge in [-0.15, -0.1) is 22.7 Å². The number of thiophene rings is 1. The van der Waals surface area contributed by atoms with E-state index in [0.29, 0.717) is 16.0 Å². The Bertz CT molecular complexity index is 964. The van der Waals surface area contributed by atoms with Gasteiger partial charge in [0.2, 0.25) is 5.91 Å². The van der Waals surface area contributed by atoms with E-state index in [2.05, 4.69) is 20.8 Å². The lowest BCUT2D eigenvalue weighted by molar-refractivity contribution is 0.0994. The average molecular weight is 359 g/mol. The second-order valence-electron chi connectivity index (χ2n) is 6.53. The number of nitrogens with zero attached hydrogens (tertiary/aromatic N) is 1. The Morgan fingerprint density at radius 2 is 1.83 bits per heavy atom. The average Bonchev–Trinajstić information content (AvgIpc) is 3.09. The Morgan fingerprint density at radius 3 is 2.38 bits per heavy atom. The summed E-state index contributed by atoms with van der Waals surface area (Å²) in [5.74, 6) is -1.01. The molecule has 1 aromatic carbocycles. The highest BCUT2D eigenvalue weighted by molar-refractivity contribution is 7.22. The molecular weight excluding hydrogens is 342 g/mol. The summed E-state index contributed by atoms with van der Waals surface area (Å²) in [7, 11) is 0. The van der Waals surface area contributed by atoms with E-state index in [1.54, 1.807) is 18.2 Å². The summed E-state index contributed by atoms with van der Waals surface area (Å²) in [6.07, 6.45) is 0. The molecule has 0 fully saturated rings. The quantitative estimate of drug-likeness (QED) is 0.748. The van der Waals surface area contributed by atoms with Gasteiger partial charge in [0.15, 0.2) is 0 Å². The fraction of sp³-hybridized carbons (Fsp3) is 0.235. The van der Waals surface area contributed by atoms with Crippen LogP contribution in [-0.2, 0) is 5.41 Å². The molecule has 0 radical (unpaired) electrons. The van der Waals surface area contributed by atoms with Crippen LogP contribution in [0.25, 0.3) is 20.7 Å². The van der Waals surface area contributed by atoms with Crippen molar-refractivity contribution in [3.05, 3.63) is 39.7 Å². The SMILES string of the molecule is CC(C)(C)c1csc(-c2c(C(N)=O)sc3ccc(C(N)=O)cc23)n1. The van der Waals surface area contributed by atoms with Crippen molar-refractivity contribution in [2.24, 2.45) is 11.5 Å². The number of hydrogen-bond donors (Lipinski definition) is 2. The van der Waals surface area contributed by atoms with Gasteiger partial charge in [0.05, 0.1) is 5.69 Å². The Labute approximate surface area is 147 Å². The van der Waals surface area contributed by atoms with Gasteiger partial charge in [-0.3, -0.25) is 9.59 Å². The zero-order valence-corrected chi connectivity index (χ0v) is 15.2. The van der Waals surface area contributed by atoms with Crippen LogP contribution in [0.3, 0.4) is 0 Å². The van der Waals surface area contributed by atoms with Gasteiger partial charge in [0, 0.05) is 32.0 Å². The molecule has 0 aliphatic heterocycles. The summed E-state index contributed by atoms with van der Waals surface area (Å²) in [5, 5.41) is 3.49. The number of fused-ring (bicyclic) bond motifs is 1. The number of thiazole rings is 1. The van der Waals surface area contributed by atoms with E-state index in [1.807, 2.05) is 5.38 Å². The van der Waals surface area contributed by atoms with E-state index < -0.39 is 11.8 Å². The zero-order valence-electron chi connectivity index (χ0n) is 13.5. The maximum atomic E-state index is 11.9. The summed E-state index contributed by atoms with van der Waals surface area (Å²) in [6, 6.07) is 5.14. The monoisotopic (exact) mass is 359 g/mol. The molecule has 0 saturated carbocycles. The Morgan fingerprint density at radius 1 is 1.12 bits per heavy atom. The standard InChI is InChI=1S/C17H17N3O2S2/c1-17(2,3)11-7-23-16(20-11)12-9-6-8(14(18)21)4-5-10(9)24-13(12)15(19)22/h4-7H,1-3H3,(H2,18,21)(H2,19,22). The van der Waals surface area contributed by atoms with Crippen LogP contribution in [-0.4, -0.2) is 16.8 Å². The van der Waals surface area contributed by atoms with E-state index in [9.17, 15) is 9.59 Å². The van der Waals surface area contributed by atoms with E-state index in [-0.39, 0.29) is 5.41 Å². The smallest absolute Gasteiger partial charge is 0.259 e. The Balaban J connectivity index is 2.29. The van der Waals surface area contributed by atoms with Crippen molar-refractivity contribution in [2.75, 3.05) is 0 Å². The molecule has 0 unspecified atom stereocenters. The van der Waals surface area contributed by atoms with Crippen molar-refractivity contribution in [1.29, 1.82) is 0 Å². The number of carbonyl (C=O) groups excluding carboxylic acids is 2. The molecule has 124 valence electrons. The van der Waals surface area contributed by atoms with Gasteiger partial charge in [-0.05, 0) is 18.2 Å². The molecule has 0 atom stereocenters. The molecule has 0 bridgehead atoms. The highest BCUT2D eigenvalue weighted by Gasteiger charge is 2.24. The molecule has 4 N–H and O–H groups in total. The first-order chi connectivity index (χ1) is 11.2. The molecule has 2 aromatic heterocycles. The Kier molecular flexibility index (Phi) is 3.93. The second kappa shape index (κ2) is 5.68. The summed E-state index contributed by atoms with van der Waals surface area (Å²) in [4.78, 5) is 28.5. The number of nitrogens with two attached hydrogens (primary N) is 2. The van der Waals surface area contributed by atoms with E-state index >= 15 is 0 Å². The number of aromatic nitrogens is 1. The molecule has 2 heterocycles. The molecular formula is C17H17N3O2S2. The van der Waals surface area contributed by atoms with Crippen LogP contribution in [0.4, 0.5) is 0 Å². The highest BCUT2D eigenvalue weighted by atomic mass is 32.1. The number of primary amides is 2. The van der Waals surface area contributed by atoms with Crippen molar-refractivity contribution >= 4 is 44.6 Å². The van der Waals surface area contributed by atoms with Crippen LogP contribution >= 0.6 is 22.7 Å². The number of amides is 2. The van der Waals surface area contributed by atoms with Gasteiger partial charge in [0.25, 0.3) is 5.91 Å². The lowest BCUT2D eigenvalue weighted by Crippen LogP contribution is -2.12. The lowest BCUT2D eigenvalue weighted by atomic mass is 9.93. The topological polar surface area (TPSA) is 99.1 Å². The van der Waals surface area contributed by atoms with Crippen LogP contribution in [0.5, 0.6) is 0 Å². The van der Waals surface area contributed by atoms with Gasteiger partial charge in [0.1, 0.15) is 9.88 Å². The zero-order chi connectivity index (χ0) is 17.6. The predicted octanol–water partition coefficient (Wildman–Crippen LogP) is 3.52. The summed E-state index contributed by atoms with van der Waals surface area (Å²) in [5.41, 5.74) is 12.9. The maximum Gasteiger partial charge on any atom is 0.259 e. The first-order valence-electron chi connectivity index (χ1n) is 7.31. The van der Waals surface area contributed by atoms with Gasteiger partial charge in [-0.1, -0.05) is 20.8 Å². The number of hydrogen-bond acceptors (Lipinski definition) is 5. The minimum Gasteiger partial charge on any atom is -0.366 e. The molecule has 24 heavy (non-hydrogen) atoms. The van der Waals surface area contributed by atoms with Crippen molar-refractivity contribution in [3.63, 3.8) is 0 Å². The minimum atomic E-state index is -0.510. The third-order valence-electron chi connectivity index (χ3n) is 3.68. The molecule has 7 heteroatoms. The third-order valence-corrected chi connectivity index (χ3v) is 5.73. The van der Waals surface area contributed by atoms with Crippen LogP contribution in [0.2, 0.25) is 0 Å². The van der Waals surface area contributed by atoms with Crippen LogP contribution < -0.4 is 11.5 Å². The first kappa shape index (κ1) is 16.6. The van der Waals surface area contributed by atoms with Gasteiger partial charge >= 0.3 is 0 Å². The highest BCUT2D eigenvalue weighted by Crippen LogP contribution is 2.41. The number of benzene rings is 1. The third kappa shape index (κ3) is 2.81. The van der Waals surface area contributed by atoms with Crippen LogP contribution in [0, 0.1) is 0 Å². The largest absolute Gasteiger partial charge is 0.366 e. The van der Waals surface area contributed by atoms with Crippen LogP contribution in [0.1, 0.15) is 46.5 Å². The molecule has 3 rings (SSSR count). The van der Waals surface area contributed by atoms with Crippen molar-refractivity contribution < 1.29 is 9.59 Å². The second-order valence-corrected chi connectivity index (χ2v) is 8.44. The fourth-order valence-electron chi connectivity index (χ4n) is 2.37. The fourth-order valence-corrected chi connectivity index (χ4v) is 4.58. The molecule has 0 saturated heterocycles. The van der Waals surface area contributed by atoms with E-state index in [1.165, 1.54) is 22.7 Å². The molecule has 0 spiro atoms. The van der Waals surface area contributed by atoms with Crippen molar-refractivity contribution in [1.82, 2.24) is 4.98 Å². The van der Waals surface area contributed by atoms with E-state index in [4.69, 9.17) is 16.5 Å². The summed E-state index contributed by atoms with van der Waals surface area (Å²) < 4.78 is 0.872. The van der Waals surface area contributed by atoms with Crippen LogP contribution in [0.15, 0.2) is 23.6 Å². The number of rotatable bonds is 3. The predicted molar refractivity (Wildman–Crippen MR) is 98.7 cm³/mol. The Hall–Kier alpha value is -2.25. The molecule has 2 amide bonds. The van der Waals surface area contributed by atoms with Crippen molar-refractivity contribution in [2.45, 2.75) is 26.2 Å². The van der Waals surface area contributed by atoms with Crippen molar-refractivity contribution in [3.8, 4) is 10.6 Å². The summed E-state index contributed by atoms with van der Waals surface area (Å²) >= 11 is 2.77. The molecule has 3 aromatic rings. The molecule has 0 aliphatic carbocycles. The minimum absolute atomic E-state index is 0.0914. The maximum absolute atomic E-state index is 11.9. The lowest BCUT2D eigenvalue weighted by Gasteiger charge is -2.14. The van der Waals surface area contributed by atoms with Gasteiger partial charge in [-0.25, -0.2) is 4.98 Å². The van der Waals surface area contributed by atoms with Gasteiger partial charge in [-0.2, -0.15) is 0 Å². The van der Waals surface area contributed by atoms with Gasteiger partial charge < -0.3 is 11.5 Å².